The molecule has 2 heterocycles. The molecule has 2 aromatic heterocycles. The van der Waals surface area contributed by atoms with E-state index in [9.17, 15) is 0 Å². The molecule has 0 radical (unpaired) electrons. The lowest BCUT2D eigenvalue weighted by atomic mass is 10.1. The Morgan fingerprint density at radius 1 is 1.31 bits per heavy atom. The summed E-state index contributed by atoms with van der Waals surface area (Å²) in [5.74, 6) is 1.02. The predicted octanol–water partition coefficient (Wildman–Crippen LogP) is 3.81. The number of furan rings is 1. The van der Waals surface area contributed by atoms with E-state index in [1.54, 1.807) is 17.6 Å². The maximum absolute atomic E-state index is 5.54. The van der Waals surface area contributed by atoms with E-state index in [2.05, 4.69) is 37.5 Å². The topological polar surface area (TPSA) is 25.2 Å². The molecule has 3 heteroatoms. The van der Waals surface area contributed by atoms with Crippen molar-refractivity contribution in [3.63, 3.8) is 0 Å². The van der Waals surface area contributed by atoms with Crippen LogP contribution in [0.4, 0.5) is 0 Å². The average Bonchev–Trinajstić information content (AvgIpc) is 2.82. The Balaban J connectivity index is 2.23. The molecule has 0 aromatic carbocycles. The molecule has 0 saturated carbocycles. The molecule has 0 atom stereocenters. The Hall–Kier alpha value is -1.06. The van der Waals surface area contributed by atoms with Crippen molar-refractivity contribution in [2.24, 2.45) is 0 Å². The molecule has 1 N–H and O–H groups in total. The zero-order valence-corrected chi connectivity index (χ0v) is 10.7. The van der Waals surface area contributed by atoms with Crippen molar-refractivity contribution in [2.75, 3.05) is 0 Å². The minimum absolute atomic E-state index is 0.474. The third-order valence-corrected chi connectivity index (χ3v) is 3.41. The molecule has 16 heavy (non-hydrogen) atoms. The van der Waals surface area contributed by atoms with Gasteiger partial charge in [0.1, 0.15) is 5.76 Å². The van der Waals surface area contributed by atoms with Crippen LogP contribution in [0.5, 0.6) is 0 Å². The Kier molecular flexibility index (Phi) is 3.46. The predicted molar refractivity (Wildman–Crippen MR) is 68.7 cm³/mol. The molecule has 2 rings (SSSR count). The molecule has 0 fully saturated rings. The van der Waals surface area contributed by atoms with Gasteiger partial charge >= 0.3 is 0 Å². The first-order chi connectivity index (χ1) is 7.68. The first-order valence-electron chi connectivity index (χ1n) is 5.52. The monoisotopic (exact) mass is 235 g/mol. The Labute approximate surface area is 100 Å². The van der Waals surface area contributed by atoms with Gasteiger partial charge in [-0.15, -0.1) is 11.3 Å². The smallest absolute Gasteiger partial charge is 0.125 e. The van der Waals surface area contributed by atoms with Gasteiger partial charge in [-0.2, -0.15) is 0 Å². The number of hydrogen-bond donors (Lipinski definition) is 1. The van der Waals surface area contributed by atoms with Crippen LogP contribution in [0.1, 0.15) is 24.5 Å². The summed E-state index contributed by atoms with van der Waals surface area (Å²) in [6.45, 7) is 7.21. The van der Waals surface area contributed by atoms with Crippen LogP contribution in [0, 0.1) is 6.92 Å². The van der Waals surface area contributed by atoms with Crippen LogP contribution in [0.25, 0.3) is 11.1 Å². The second-order valence-electron chi connectivity index (χ2n) is 4.18. The summed E-state index contributed by atoms with van der Waals surface area (Å²) in [6, 6.07) is 4.68. The van der Waals surface area contributed by atoms with Gasteiger partial charge in [0.15, 0.2) is 0 Å². The second kappa shape index (κ2) is 4.85. The SMILES string of the molecule is Cc1sccc1-c1ccoc1CNC(C)C. The molecule has 0 unspecified atom stereocenters. The molecule has 0 aliphatic heterocycles. The van der Waals surface area contributed by atoms with Crippen molar-refractivity contribution >= 4 is 11.3 Å². The molecule has 2 nitrogen and oxygen atoms in total. The van der Waals surface area contributed by atoms with Gasteiger partial charge in [0.2, 0.25) is 0 Å². The molecule has 0 aliphatic rings. The van der Waals surface area contributed by atoms with E-state index in [4.69, 9.17) is 4.42 Å². The molecule has 0 bridgehead atoms. The lowest BCUT2D eigenvalue weighted by molar-refractivity contribution is 0.466. The van der Waals surface area contributed by atoms with Gasteiger partial charge < -0.3 is 9.73 Å². The minimum atomic E-state index is 0.474. The van der Waals surface area contributed by atoms with E-state index in [1.807, 2.05) is 6.07 Å². The largest absolute Gasteiger partial charge is 0.467 e. The van der Waals surface area contributed by atoms with Crippen LogP contribution in [0.3, 0.4) is 0 Å². The molecular weight excluding hydrogens is 218 g/mol. The molecule has 0 spiro atoms. The third kappa shape index (κ3) is 2.36. The van der Waals surface area contributed by atoms with Crippen molar-refractivity contribution in [2.45, 2.75) is 33.4 Å². The highest BCUT2D eigenvalue weighted by molar-refractivity contribution is 7.10. The summed E-state index contributed by atoms with van der Waals surface area (Å²) in [7, 11) is 0. The van der Waals surface area contributed by atoms with Crippen LogP contribution < -0.4 is 5.32 Å². The fourth-order valence-electron chi connectivity index (χ4n) is 1.68. The molecule has 86 valence electrons. The quantitative estimate of drug-likeness (QED) is 0.871. The standard InChI is InChI=1S/C13H17NOS/c1-9(2)14-8-13-12(4-6-15-13)11-5-7-16-10(11)3/h4-7,9,14H,8H2,1-3H3. The average molecular weight is 235 g/mol. The van der Waals surface area contributed by atoms with Crippen LogP contribution in [0.15, 0.2) is 28.2 Å². The molecular formula is C13H17NOS. The Morgan fingerprint density at radius 3 is 2.75 bits per heavy atom. The first kappa shape index (κ1) is 11.4. The number of aryl methyl sites for hydroxylation is 1. The summed E-state index contributed by atoms with van der Waals surface area (Å²) in [5, 5.41) is 5.50. The highest BCUT2D eigenvalue weighted by atomic mass is 32.1. The Morgan fingerprint density at radius 2 is 2.12 bits per heavy atom. The second-order valence-corrected chi connectivity index (χ2v) is 5.30. The fourth-order valence-corrected chi connectivity index (χ4v) is 2.39. The van der Waals surface area contributed by atoms with E-state index in [1.165, 1.54) is 16.0 Å². The number of hydrogen-bond acceptors (Lipinski definition) is 3. The number of thiophene rings is 1. The van der Waals surface area contributed by atoms with Crippen LogP contribution >= 0.6 is 11.3 Å². The Bertz CT molecular complexity index is 456. The van der Waals surface area contributed by atoms with Gasteiger partial charge in [0, 0.05) is 16.5 Å². The van der Waals surface area contributed by atoms with Gasteiger partial charge in [-0.1, -0.05) is 13.8 Å². The van der Waals surface area contributed by atoms with Crippen LogP contribution in [-0.4, -0.2) is 6.04 Å². The molecule has 0 saturated heterocycles. The summed E-state index contributed by atoms with van der Waals surface area (Å²) in [4.78, 5) is 1.34. The van der Waals surface area contributed by atoms with Crippen molar-refractivity contribution in [3.05, 3.63) is 34.4 Å². The maximum Gasteiger partial charge on any atom is 0.125 e. The maximum atomic E-state index is 5.54. The normalized spacial score (nSPS) is 11.2. The molecule has 0 amide bonds. The van der Waals surface area contributed by atoms with Crippen LogP contribution in [-0.2, 0) is 6.54 Å². The number of rotatable bonds is 4. The third-order valence-electron chi connectivity index (χ3n) is 2.57. The first-order valence-corrected chi connectivity index (χ1v) is 6.40. The van der Waals surface area contributed by atoms with E-state index >= 15 is 0 Å². The van der Waals surface area contributed by atoms with Crippen molar-refractivity contribution in [3.8, 4) is 11.1 Å². The van der Waals surface area contributed by atoms with Crippen molar-refractivity contribution in [1.82, 2.24) is 5.32 Å². The summed E-state index contributed by atoms with van der Waals surface area (Å²) < 4.78 is 5.54. The van der Waals surface area contributed by atoms with Crippen molar-refractivity contribution in [1.29, 1.82) is 0 Å². The van der Waals surface area contributed by atoms with Gasteiger partial charge in [0.25, 0.3) is 0 Å². The lowest BCUT2D eigenvalue weighted by Gasteiger charge is -2.07. The van der Waals surface area contributed by atoms with E-state index < -0.39 is 0 Å². The highest BCUT2D eigenvalue weighted by Crippen LogP contribution is 2.30. The van der Waals surface area contributed by atoms with Gasteiger partial charge in [-0.3, -0.25) is 0 Å². The summed E-state index contributed by atoms with van der Waals surface area (Å²) >= 11 is 1.77. The van der Waals surface area contributed by atoms with Gasteiger partial charge in [-0.25, -0.2) is 0 Å². The van der Waals surface area contributed by atoms with E-state index in [0.717, 1.165) is 12.3 Å². The van der Waals surface area contributed by atoms with E-state index in [0.29, 0.717) is 6.04 Å². The summed E-state index contributed by atoms with van der Waals surface area (Å²) in [6.07, 6.45) is 1.77. The molecule has 0 aliphatic carbocycles. The van der Waals surface area contributed by atoms with Crippen LogP contribution in [0.2, 0.25) is 0 Å². The number of nitrogens with one attached hydrogen (secondary N) is 1. The molecule has 2 aromatic rings. The summed E-state index contributed by atoms with van der Waals surface area (Å²) in [5.41, 5.74) is 2.51. The zero-order chi connectivity index (χ0) is 11.5. The zero-order valence-electron chi connectivity index (χ0n) is 9.91. The van der Waals surface area contributed by atoms with Crippen molar-refractivity contribution < 1.29 is 4.42 Å². The fraction of sp³-hybridized carbons (Fsp3) is 0.385. The highest BCUT2D eigenvalue weighted by Gasteiger charge is 2.11. The lowest BCUT2D eigenvalue weighted by Crippen LogP contribution is -2.21. The minimum Gasteiger partial charge on any atom is -0.467 e. The van der Waals surface area contributed by atoms with E-state index in [-0.39, 0.29) is 0 Å². The van der Waals surface area contributed by atoms with Gasteiger partial charge in [0.05, 0.1) is 12.8 Å². The van der Waals surface area contributed by atoms with Gasteiger partial charge in [-0.05, 0) is 30.0 Å².